The molecule has 0 saturated heterocycles. The van der Waals surface area contributed by atoms with E-state index >= 15 is 0 Å². The van der Waals surface area contributed by atoms with E-state index in [2.05, 4.69) is 106 Å². The maximum Gasteiger partial charge on any atom is 0.149 e. The molecular weight excluding hydrogens is 911 g/mol. The predicted molar refractivity (Wildman–Crippen MR) is 316 cm³/mol. The Kier molecular flexibility index (Phi) is 11.4. The van der Waals surface area contributed by atoms with E-state index in [9.17, 15) is 7.85 Å². The van der Waals surface area contributed by atoms with Gasteiger partial charge in [0.1, 0.15) is 11.6 Å². The van der Waals surface area contributed by atoms with E-state index in [4.69, 9.17) is 14.1 Å². The Morgan fingerprint density at radius 3 is 1.68 bits per heavy atom. The monoisotopic (exact) mass is 979 g/mol. The average Bonchev–Trinajstić information content (AvgIpc) is 4.06. The lowest BCUT2D eigenvalue weighted by Crippen LogP contribution is -2.10. The Labute approximate surface area is 449 Å². The van der Waals surface area contributed by atoms with E-state index < -0.39 is 18.6 Å². The van der Waals surface area contributed by atoms with Gasteiger partial charge >= 0.3 is 0 Å². The summed E-state index contributed by atoms with van der Waals surface area (Å²) in [4.78, 5) is 10.6. The summed E-state index contributed by atoms with van der Waals surface area (Å²) in [5.41, 5.74) is 16.8. The minimum absolute atomic E-state index is 0.113. The molecule has 1 N–H and O–H groups in total. The number of benzene rings is 9. The normalized spacial score (nSPS) is 13.2. The van der Waals surface area contributed by atoms with Crippen molar-refractivity contribution < 1.29 is 12.0 Å². The SMILES string of the molecule is [2H]C([2H])([2H])c1cc(-n2c(-c3cc(C([2H])(C)C)cc(C([2H])(C)C)c3O)nc3c(-c4cc(-c5ccccc5)cc(-c5cc(-c6ccc(-c7ccccc7)cc6)ccn5)c4)cccc32)c(-c2ccccc2)cc1-c1ccc(C(C)(C)C)cc1. The van der Waals surface area contributed by atoms with Crippen molar-refractivity contribution in [3.8, 4) is 101 Å². The van der Waals surface area contributed by atoms with Gasteiger partial charge in [0.2, 0.25) is 0 Å². The van der Waals surface area contributed by atoms with Gasteiger partial charge in [0.15, 0.2) is 0 Å². The maximum absolute atomic E-state index is 12.7. The van der Waals surface area contributed by atoms with Crippen LogP contribution in [0.1, 0.15) is 89.4 Å². The molecule has 0 fully saturated rings. The number of para-hydroxylation sites is 1. The zero-order chi connectivity index (χ0) is 56.3. The quantitative estimate of drug-likeness (QED) is 0.140. The van der Waals surface area contributed by atoms with Gasteiger partial charge in [0.05, 0.1) is 28.0 Å². The van der Waals surface area contributed by atoms with Gasteiger partial charge in [0.25, 0.3) is 0 Å². The summed E-state index contributed by atoms with van der Waals surface area (Å²) >= 11 is 0. The van der Waals surface area contributed by atoms with Crippen LogP contribution in [0.2, 0.25) is 0 Å². The molecule has 0 aliphatic carbocycles. The topological polar surface area (TPSA) is 50.9 Å². The highest BCUT2D eigenvalue weighted by molar-refractivity contribution is 5.99. The lowest BCUT2D eigenvalue weighted by atomic mass is 9.85. The molecule has 0 unspecified atom stereocenters. The number of rotatable bonds is 11. The van der Waals surface area contributed by atoms with E-state index in [1.807, 2.05) is 120 Å². The fraction of sp³-hybridized carbons (Fsp3) is 0.155. The number of imidazole rings is 1. The molecule has 0 atom stereocenters. The number of aromatic hydroxyl groups is 1. The first-order valence-electron chi connectivity index (χ1n) is 28.2. The number of aromatic nitrogens is 3. The molecule has 0 aliphatic rings. The van der Waals surface area contributed by atoms with E-state index in [1.54, 1.807) is 45.9 Å². The van der Waals surface area contributed by atoms with E-state index in [-0.39, 0.29) is 16.7 Å². The molecule has 0 saturated carbocycles. The third-order valence-electron chi connectivity index (χ3n) is 14.4. The van der Waals surface area contributed by atoms with Crippen molar-refractivity contribution in [1.29, 1.82) is 0 Å². The molecule has 9 aromatic carbocycles. The van der Waals surface area contributed by atoms with Crippen LogP contribution in [0, 0.1) is 6.85 Å². The van der Waals surface area contributed by atoms with E-state index in [1.165, 1.54) is 0 Å². The van der Waals surface area contributed by atoms with Gasteiger partial charge in [-0.3, -0.25) is 9.55 Å². The zero-order valence-corrected chi connectivity index (χ0v) is 43.6. The summed E-state index contributed by atoms with van der Waals surface area (Å²) in [6.45, 7) is 10.9. The molecular formula is C71H63N3O. The Bertz CT molecular complexity index is 4070. The average molecular weight is 979 g/mol. The minimum atomic E-state index is -2.56. The molecule has 368 valence electrons. The van der Waals surface area contributed by atoms with Crippen molar-refractivity contribution in [1.82, 2.24) is 14.5 Å². The number of aryl methyl sites for hydroxylation is 1. The molecule has 0 aliphatic heterocycles. The van der Waals surface area contributed by atoms with Crippen molar-refractivity contribution >= 4 is 11.0 Å². The molecule has 0 amide bonds. The molecule has 4 nitrogen and oxygen atoms in total. The smallest absolute Gasteiger partial charge is 0.149 e. The molecule has 2 aromatic heterocycles. The summed E-state index contributed by atoms with van der Waals surface area (Å²) in [5, 5.41) is 12.7. The fourth-order valence-electron chi connectivity index (χ4n) is 10.2. The van der Waals surface area contributed by atoms with Gasteiger partial charge in [-0.15, -0.1) is 0 Å². The Morgan fingerprint density at radius 1 is 0.480 bits per heavy atom. The number of nitrogens with zero attached hydrogens (tertiary/aromatic N) is 3. The van der Waals surface area contributed by atoms with Gasteiger partial charge < -0.3 is 5.11 Å². The highest BCUT2D eigenvalue weighted by atomic mass is 16.3. The van der Waals surface area contributed by atoms with Crippen LogP contribution in [0.25, 0.3) is 106 Å². The van der Waals surface area contributed by atoms with Crippen LogP contribution < -0.4 is 0 Å². The summed E-state index contributed by atoms with van der Waals surface area (Å²) < 4.78 is 48.1. The molecule has 11 rings (SSSR count). The standard InChI is InChI=1S/C71H63N3O/c1-45(2)55-41-61(46(3)4)69(75)64(42-55)70-73-68-60(25-18-26-66(68)74(70)67-37-47(5)62(44-63(67)52-23-16-11-17-24-52)53-31-33-59(34-32-53)71(6,7)8)57-38-56(49-21-14-10-15-22-49)39-58(40-57)65-43-54(35-36-72-65)51-29-27-50(28-30-51)48-19-12-9-13-20-48/h9-46,75H,1-8H3/i5D3,45D,46D. The van der Waals surface area contributed by atoms with Crippen molar-refractivity contribution in [3.05, 3.63) is 241 Å². The Balaban J connectivity index is 1.19. The second-order valence-corrected chi connectivity index (χ2v) is 21.0. The molecule has 4 heteroatoms. The van der Waals surface area contributed by atoms with Gasteiger partial charge in [0, 0.05) is 29.7 Å². The Morgan fingerprint density at radius 2 is 1.05 bits per heavy atom. The number of phenols is 1. The second kappa shape index (κ2) is 20.0. The fourth-order valence-corrected chi connectivity index (χ4v) is 10.2. The van der Waals surface area contributed by atoms with Gasteiger partial charge in [-0.05, 0) is 157 Å². The first-order chi connectivity index (χ1) is 38.1. The summed E-state index contributed by atoms with van der Waals surface area (Å²) in [5.74, 6) is -2.23. The van der Waals surface area contributed by atoms with Crippen molar-refractivity contribution in [2.24, 2.45) is 0 Å². The lowest BCUT2D eigenvalue weighted by molar-refractivity contribution is 0.466. The lowest BCUT2D eigenvalue weighted by Gasteiger charge is -2.22. The van der Waals surface area contributed by atoms with Crippen LogP contribution >= 0.6 is 0 Å². The summed E-state index contributed by atoms with van der Waals surface area (Å²) in [6, 6.07) is 71.3. The van der Waals surface area contributed by atoms with Gasteiger partial charge in [-0.25, -0.2) is 4.98 Å². The van der Waals surface area contributed by atoms with E-state index in [0.717, 1.165) is 78.0 Å². The van der Waals surface area contributed by atoms with Crippen LogP contribution in [-0.2, 0) is 5.41 Å². The number of hydrogen-bond acceptors (Lipinski definition) is 3. The molecule has 0 spiro atoms. The molecule has 11 aromatic rings. The number of pyridine rings is 1. The zero-order valence-electron chi connectivity index (χ0n) is 48.6. The van der Waals surface area contributed by atoms with Crippen LogP contribution in [0.15, 0.2) is 219 Å². The van der Waals surface area contributed by atoms with Crippen molar-refractivity contribution in [2.45, 2.75) is 72.5 Å². The summed E-state index contributed by atoms with van der Waals surface area (Å²) in [6.07, 6.45) is 1.86. The van der Waals surface area contributed by atoms with Crippen LogP contribution in [0.5, 0.6) is 5.75 Å². The van der Waals surface area contributed by atoms with Gasteiger partial charge in [-0.1, -0.05) is 206 Å². The first kappa shape index (κ1) is 42.9. The number of hydrogen-bond donors (Lipinski definition) is 1. The third-order valence-corrected chi connectivity index (χ3v) is 14.4. The summed E-state index contributed by atoms with van der Waals surface area (Å²) in [7, 11) is 0. The number of phenolic OH excluding ortho intramolecular Hbond substituents is 1. The third kappa shape index (κ3) is 9.61. The van der Waals surface area contributed by atoms with Crippen LogP contribution in [0.4, 0.5) is 0 Å². The molecule has 2 heterocycles. The largest absolute Gasteiger partial charge is 0.507 e. The molecule has 0 bridgehead atoms. The second-order valence-electron chi connectivity index (χ2n) is 21.0. The first-order valence-corrected chi connectivity index (χ1v) is 25.7. The highest BCUT2D eigenvalue weighted by Crippen LogP contribution is 2.46. The van der Waals surface area contributed by atoms with Crippen molar-refractivity contribution in [2.75, 3.05) is 0 Å². The highest BCUT2D eigenvalue weighted by Gasteiger charge is 2.26. The number of fused-ring (bicyclic) bond motifs is 1. The predicted octanol–water partition coefficient (Wildman–Crippen LogP) is 19.3. The minimum Gasteiger partial charge on any atom is -0.507 e. The van der Waals surface area contributed by atoms with E-state index in [0.29, 0.717) is 44.8 Å². The molecule has 75 heavy (non-hydrogen) atoms. The van der Waals surface area contributed by atoms with Crippen LogP contribution in [-0.4, -0.2) is 19.6 Å². The van der Waals surface area contributed by atoms with Gasteiger partial charge in [-0.2, -0.15) is 0 Å². The Hall–Kier alpha value is -8.60. The van der Waals surface area contributed by atoms with Crippen molar-refractivity contribution in [3.63, 3.8) is 0 Å². The maximum atomic E-state index is 12.7. The van der Waals surface area contributed by atoms with Crippen LogP contribution in [0.3, 0.4) is 0 Å². The molecule has 0 radical (unpaired) electrons.